The Hall–Kier alpha value is -4.52. The first-order valence-electron chi connectivity index (χ1n) is 13.2. The molecule has 0 spiro atoms. The second-order valence-corrected chi connectivity index (χ2v) is 10.3. The van der Waals surface area contributed by atoms with Crippen molar-refractivity contribution in [2.24, 2.45) is 0 Å². The van der Waals surface area contributed by atoms with Gasteiger partial charge in [0, 0.05) is 10.7 Å². The molecule has 3 aromatic rings. The van der Waals surface area contributed by atoms with Crippen molar-refractivity contribution in [3.05, 3.63) is 117 Å². The number of amides is 1. The molecule has 1 heterocycles. The molecule has 214 valence electrons. The molecular weight excluding hydrogens is 574 g/mol. The maximum absolute atomic E-state index is 13.4. The fraction of sp³-hybridized carbons (Fsp3) is 0.188. The molecule has 0 fully saturated rings. The topological polar surface area (TPSA) is 118 Å². The van der Waals surface area contributed by atoms with Gasteiger partial charge >= 0.3 is 11.9 Å². The van der Waals surface area contributed by atoms with Crippen LogP contribution in [0.1, 0.15) is 41.3 Å². The molecule has 8 nitrogen and oxygen atoms in total. The smallest absolute Gasteiger partial charge is 0.338 e. The molecule has 2 N–H and O–H groups in total. The largest absolute Gasteiger partial charge is 0.463 e. The Bertz CT molecular complexity index is 1580. The second kappa shape index (κ2) is 14.4. The van der Waals surface area contributed by atoms with Gasteiger partial charge in [-0.15, -0.1) is 0 Å². The Morgan fingerprint density at radius 2 is 1.57 bits per heavy atom. The molecule has 1 atom stereocenters. The molecule has 10 heteroatoms. The van der Waals surface area contributed by atoms with Crippen molar-refractivity contribution in [1.82, 2.24) is 5.32 Å². The SMILES string of the molecule is CCOC(=O)C1=C(c2ccccc2)NC(SCC(=O)Nc2ccc(C(=O)OCC)cc2)=C(C#N)[C@H]1c1ccccc1Cl. The number of nitrogens with one attached hydrogen (secondary N) is 2. The van der Waals surface area contributed by atoms with E-state index < -0.39 is 17.9 Å². The Balaban J connectivity index is 1.67. The molecule has 0 unspecified atom stereocenters. The number of thioether (sulfide) groups is 1. The number of benzene rings is 3. The average Bonchev–Trinajstić information content (AvgIpc) is 3.00. The van der Waals surface area contributed by atoms with E-state index in [2.05, 4.69) is 16.7 Å². The molecule has 0 aliphatic carbocycles. The lowest BCUT2D eigenvalue weighted by Gasteiger charge is -2.31. The van der Waals surface area contributed by atoms with Gasteiger partial charge in [0.25, 0.3) is 0 Å². The lowest BCUT2D eigenvalue weighted by atomic mass is 9.81. The molecular formula is C32H28ClN3O5S. The van der Waals surface area contributed by atoms with Gasteiger partial charge in [0.1, 0.15) is 0 Å². The summed E-state index contributed by atoms with van der Waals surface area (Å²) in [6, 6.07) is 24.9. The zero-order valence-corrected chi connectivity index (χ0v) is 24.6. The van der Waals surface area contributed by atoms with Gasteiger partial charge < -0.3 is 20.1 Å². The molecule has 0 saturated heterocycles. The molecule has 0 bridgehead atoms. The van der Waals surface area contributed by atoms with Crippen molar-refractivity contribution in [1.29, 1.82) is 5.26 Å². The van der Waals surface area contributed by atoms with Crippen LogP contribution >= 0.6 is 23.4 Å². The standard InChI is InChI=1S/C32H28ClN3O5S/c1-3-40-31(38)21-14-16-22(17-15-21)35-26(37)19-42-30-24(18-34)27(23-12-8-9-13-25(23)33)28(32(39)41-4-2)29(36-30)20-10-6-5-7-11-20/h5-17,27,36H,3-4,19H2,1-2H3,(H,35,37)/t27-/m1/s1. The Morgan fingerprint density at radius 1 is 0.929 bits per heavy atom. The van der Waals surface area contributed by atoms with Crippen LogP contribution in [-0.4, -0.2) is 36.8 Å². The highest BCUT2D eigenvalue weighted by Gasteiger charge is 2.38. The average molecular weight is 602 g/mol. The number of esters is 2. The van der Waals surface area contributed by atoms with Gasteiger partial charge in [0.15, 0.2) is 0 Å². The highest BCUT2D eigenvalue weighted by molar-refractivity contribution is 8.03. The molecule has 0 radical (unpaired) electrons. The minimum Gasteiger partial charge on any atom is -0.463 e. The van der Waals surface area contributed by atoms with Crippen molar-refractivity contribution in [3.63, 3.8) is 0 Å². The Morgan fingerprint density at radius 3 is 2.21 bits per heavy atom. The van der Waals surface area contributed by atoms with Gasteiger partial charge in [-0.05, 0) is 55.3 Å². The molecule has 1 aliphatic heterocycles. The molecule has 3 aromatic carbocycles. The summed E-state index contributed by atoms with van der Waals surface area (Å²) < 4.78 is 10.4. The highest BCUT2D eigenvalue weighted by Crippen LogP contribution is 2.45. The van der Waals surface area contributed by atoms with Gasteiger partial charge in [0.2, 0.25) is 5.91 Å². The number of rotatable bonds is 10. The van der Waals surface area contributed by atoms with Crippen molar-refractivity contribution < 1.29 is 23.9 Å². The van der Waals surface area contributed by atoms with E-state index in [9.17, 15) is 19.6 Å². The maximum Gasteiger partial charge on any atom is 0.338 e. The molecule has 1 aliphatic rings. The maximum atomic E-state index is 13.4. The van der Waals surface area contributed by atoms with Crippen LogP contribution in [0.2, 0.25) is 5.02 Å². The number of nitrogens with zero attached hydrogens (tertiary/aromatic N) is 1. The zero-order valence-electron chi connectivity index (χ0n) is 23.0. The van der Waals surface area contributed by atoms with E-state index in [1.165, 1.54) is 0 Å². The van der Waals surface area contributed by atoms with E-state index in [1.54, 1.807) is 62.4 Å². The lowest BCUT2D eigenvalue weighted by Crippen LogP contribution is -2.30. The van der Waals surface area contributed by atoms with Gasteiger partial charge in [-0.3, -0.25) is 4.79 Å². The fourth-order valence-electron chi connectivity index (χ4n) is 4.42. The lowest BCUT2D eigenvalue weighted by molar-refractivity contribution is -0.138. The summed E-state index contributed by atoms with van der Waals surface area (Å²) in [5.74, 6) is -2.22. The van der Waals surface area contributed by atoms with E-state index in [0.717, 1.165) is 11.8 Å². The summed E-state index contributed by atoms with van der Waals surface area (Å²) in [6.45, 7) is 3.86. The molecule has 1 amide bonds. The Kier molecular flexibility index (Phi) is 10.4. The van der Waals surface area contributed by atoms with E-state index in [0.29, 0.717) is 38.1 Å². The van der Waals surface area contributed by atoms with Crippen LogP contribution in [0.25, 0.3) is 5.70 Å². The van der Waals surface area contributed by atoms with Gasteiger partial charge in [0.05, 0.1) is 58.4 Å². The van der Waals surface area contributed by atoms with E-state index in [4.69, 9.17) is 21.1 Å². The number of dihydropyridines is 1. The van der Waals surface area contributed by atoms with Crippen molar-refractivity contribution in [2.45, 2.75) is 19.8 Å². The van der Waals surface area contributed by atoms with Crippen molar-refractivity contribution >= 4 is 52.6 Å². The Labute approximate surface area is 253 Å². The summed E-state index contributed by atoms with van der Waals surface area (Å²) in [6.07, 6.45) is 0. The van der Waals surface area contributed by atoms with Gasteiger partial charge in [-0.2, -0.15) is 5.26 Å². The summed E-state index contributed by atoms with van der Waals surface area (Å²) in [5, 5.41) is 17.2. The number of ether oxygens (including phenoxy) is 2. The molecule has 42 heavy (non-hydrogen) atoms. The number of hydrogen-bond donors (Lipinski definition) is 2. The third-order valence-corrected chi connectivity index (χ3v) is 7.61. The van der Waals surface area contributed by atoms with E-state index in [1.807, 2.05) is 30.3 Å². The zero-order chi connectivity index (χ0) is 30.1. The van der Waals surface area contributed by atoms with Crippen LogP contribution < -0.4 is 10.6 Å². The number of allylic oxidation sites excluding steroid dienone is 1. The molecule has 0 aromatic heterocycles. The number of halogens is 1. The summed E-state index contributed by atoms with van der Waals surface area (Å²) in [4.78, 5) is 38.2. The number of nitriles is 1. The third-order valence-electron chi connectivity index (χ3n) is 6.25. The van der Waals surface area contributed by atoms with Crippen molar-refractivity contribution in [2.75, 3.05) is 24.3 Å². The first kappa shape index (κ1) is 30.4. The molecule has 0 saturated carbocycles. The first-order valence-corrected chi connectivity index (χ1v) is 14.6. The minimum absolute atomic E-state index is 0.0425. The van der Waals surface area contributed by atoms with Crippen molar-refractivity contribution in [3.8, 4) is 6.07 Å². The van der Waals surface area contributed by atoms with Gasteiger partial charge in [-0.1, -0.05) is 71.9 Å². The number of carbonyl (C=O) groups is 3. The predicted octanol–water partition coefficient (Wildman–Crippen LogP) is 6.28. The van der Waals surface area contributed by atoms with Crippen LogP contribution in [0.15, 0.2) is 95.0 Å². The quantitative estimate of drug-likeness (QED) is 0.261. The minimum atomic E-state index is -0.833. The van der Waals surface area contributed by atoms with E-state index >= 15 is 0 Å². The summed E-state index contributed by atoms with van der Waals surface area (Å²) >= 11 is 7.74. The summed E-state index contributed by atoms with van der Waals surface area (Å²) in [7, 11) is 0. The first-order chi connectivity index (χ1) is 20.4. The predicted molar refractivity (Wildman–Crippen MR) is 163 cm³/mol. The highest BCUT2D eigenvalue weighted by atomic mass is 35.5. The third kappa shape index (κ3) is 7.03. The van der Waals surface area contributed by atoms with Gasteiger partial charge in [-0.25, -0.2) is 9.59 Å². The van der Waals surface area contributed by atoms with Crippen LogP contribution in [0, 0.1) is 11.3 Å². The van der Waals surface area contributed by atoms with Crippen LogP contribution in [-0.2, 0) is 19.1 Å². The number of anilines is 1. The summed E-state index contributed by atoms with van der Waals surface area (Å²) in [5.41, 5.74) is 3.11. The monoisotopic (exact) mass is 601 g/mol. The molecule has 4 rings (SSSR count). The number of carbonyl (C=O) groups excluding carboxylic acids is 3. The normalized spacial score (nSPS) is 14.5. The van der Waals surface area contributed by atoms with Crippen LogP contribution in [0.3, 0.4) is 0 Å². The van der Waals surface area contributed by atoms with E-state index in [-0.39, 0.29) is 36.0 Å². The van der Waals surface area contributed by atoms with Crippen LogP contribution in [0.5, 0.6) is 0 Å². The number of hydrogen-bond acceptors (Lipinski definition) is 8. The van der Waals surface area contributed by atoms with Crippen LogP contribution in [0.4, 0.5) is 5.69 Å². The fourth-order valence-corrected chi connectivity index (χ4v) is 5.50. The second-order valence-electron chi connectivity index (χ2n) is 8.94.